The molecule has 0 unspecified atom stereocenters. The minimum atomic E-state index is 0.806. The molecule has 0 amide bonds. The summed E-state index contributed by atoms with van der Waals surface area (Å²) in [6.07, 6.45) is 3.60. The Bertz CT molecular complexity index is 2900. The largest absolute Gasteiger partial charge is 0.255 e. The number of para-hydroxylation sites is 1. The fourth-order valence-electron chi connectivity index (χ4n) is 7.55. The van der Waals surface area contributed by atoms with Crippen LogP contribution in [0.2, 0.25) is 0 Å². The first-order valence-electron chi connectivity index (χ1n) is 17.5. The van der Waals surface area contributed by atoms with Crippen LogP contribution in [0.3, 0.4) is 0 Å². The molecule has 0 N–H and O–H groups in total. The highest BCUT2D eigenvalue weighted by Gasteiger charge is 2.18. The Kier molecular flexibility index (Phi) is 7.10. The first kappa shape index (κ1) is 29.8. The lowest BCUT2D eigenvalue weighted by molar-refractivity contribution is 1.22. The number of benzene rings is 6. The summed E-state index contributed by atoms with van der Waals surface area (Å²) in [6.45, 7) is 0. The monoisotopic (exact) mass is 662 g/mol. The number of fused-ring (bicyclic) bond motifs is 8. The van der Waals surface area contributed by atoms with Gasteiger partial charge in [0, 0.05) is 34.1 Å². The predicted octanol–water partition coefficient (Wildman–Crippen LogP) is 12.2. The maximum Gasteiger partial charge on any atom is 0.0900 e. The SMILES string of the molecule is c1ccc(-c2cc(-c3cccc(-c4cccc(-c5nc6ccccc6c6c7ccccc7c7ccccc7c56)c4)c3)cc(-c3ccccn3)n2)nc1. The Morgan fingerprint density at radius 1 is 0.288 bits per heavy atom. The van der Waals surface area contributed by atoms with Gasteiger partial charge in [0.2, 0.25) is 0 Å². The van der Waals surface area contributed by atoms with Crippen molar-refractivity contribution in [3.05, 3.63) is 182 Å². The molecule has 4 heterocycles. The molecule has 0 spiro atoms. The Morgan fingerprint density at radius 2 is 0.769 bits per heavy atom. The molecule has 4 nitrogen and oxygen atoms in total. The summed E-state index contributed by atoms with van der Waals surface area (Å²) < 4.78 is 0. The first-order chi connectivity index (χ1) is 25.8. The highest BCUT2D eigenvalue weighted by molar-refractivity contribution is 6.33. The lowest BCUT2D eigenvalue weighted by Crippen LogP contribution is -1.94. The summed E-state index contributed by atoms with van der Waals surface area (Å²) in [5.41, 5.74) is 10.7. The van der Waals surface area contributed by atoms with Crippen molar-refractivity contribution >= 4 is 43.2 Å². The number of pyridine rings is 4. The van der Waals surface area contributed by atoms with Crippen molar-refractivity contribution in [3.8, 4) is 56.3 Å². The second kappa shape index (κ2) is 12.4. The molecule has 52 heavy (non-hydrogen) atoms. The van der Waals surface area contributed by atoms with E-state index in [9.17, 15) is 0 Å². The van der Waals surface area contributed by atoms with Crippen molar-refractivity contribution < 1.29 is 0 Å². The summed E-state index contributed by atoms with van der Waals surface area (Å²) in [5.74, 6) is 0. The van der Waals surface area contributed by atoms with Crippen LogP contribution in [0.1, 0.15) is 0 Å². The van der Waals surface area contributed by atoms with E-state index in [1.807, 2.05) is 36.4 Å². The van der Waals surface area contributed by atoms with Crippen molar-refractivity contribution in [1.82, 2.24) is 19.9 Å². The van der Waals surface area contributed by atoms with E-state index in [0.717, 1.165) is 61.8 Å². The zero-order valence-corrected chi connectivity index (χ0v) is 28.1. The Balaban J connectivity index is 1.15. The number of hydrogen-bond acceptors (Lipinski definition) is 4. The third kappa shape index (κ3) is 5.09. The van der Waals surface area contributed by atoms with E-state index in [2.05, 4.69) is 143 Å². The lowest BCUT2D eigenvalue weighted by atomic mass is 9.89. The number of hydrogen-bond donors (Lipinski definition) is 0. The molecule has 4 heteroatoms. The molecular formula is C48H30N4. The van der Waals surface area contributed by atoms with Crippen molar-refractivity contribution in [3.63, 3.8) is 0 Å². The smallest absolute Gasteiger partial charge is 0.0900 e. The van der Waals surface area contributed by atoms with Crippen LogP contribution in [0.15, 0.2) is 182 Å². The molecule has 0 radical (unpaired) electrons. The van der Waals surface area contributed by atoms with E-state index in [-0.39, 0.29) is 0 Å². The van der Waals surface area contributed by atoms with Gasteiger partial charge in [0.15, 0.2) is 0 Å². The van der Waals surface area contributed by atoms with Gasteiger partial charge in [-0.1, -0.05) is 115 Å². The molecule has 0 bridgehead atoms. The topological polar surface area (TPSA) is 51.6 Å². The summed E-state index contributed by atoms with van der Waals surface area (Å²) in [4.78, 5) is 19.6. The standard InChI is InChI=1S/C48H30N4/c1-3-19-38-36(17-1)37-18-2-4-20-39(37)47-46(38)40-21-5-6-22-41(40)52-48(47)34-16-12-14-32(28-34)31-13-11-15-33(27-31)35-29-44(42-23-7-9-25-49-42)51-45(30-35)43-24-8-10-26-50-43/h1-30H. The summed E-state index contributed by atoms with van der Waals surface area (Å²) in [6, 6.07) is 59.6. The van der Waals surface area contributed by atoms with Crippen LogP contribution in [0, 0.1) is 0 Å². The third-order valence-corrected chi connectivity index (χ3v) is 9.92. The highest BCUT2D eigenvalue weighted by atomic mass is 14.8. The van der Waals surface area contributed by atoms with E-state index < -0.39 is 0 Å². The Morgan fingerprint density at radius 3 is 1.37 bits per heavy atom. The van der Waals surface area contributed by atoms with Gasteiger partial charge in [-0.2, -0.15) is 0 Å². The summed E-state index contributed by atoms with van der Waals surface area (Å²) in [7, 11) is 0. The molecule has 6 aromatic carbocycles. The molecule has 0 aliphatic rings. The number of rotatable bonds is 5. The van der Waals surface area contributed by atoms with E-state index in [1.54, 1.807) is 12.4 Å². The average Bonchev–Trinajstić information content (AvgIpc) is 3.24. The van der Waals surface area contributed by atoms with Crippen LogP contribution in [-0.2, 0) is 0 Å². The second-order valence-electron chi connectivity index (χ2n) is 13.0. The van der Waals surface area contributed by atoms with E-state index in [1.165, 1.54) is 37.7 Å². The molecule has 0 saturated carbocycles. The van der Waals surface area contributed by atoms with Gasteiger partial charge < -0.3 is 0 Å². The fraction of sp³-hybridized carbons (Fsp3) is 0. The van der Waals surface area contributed by atoms with Gasteiger partial charge in [-0.15, -0.1) is 0 Å². The van der Waals surface area contributed by atoms with Crippen LogP contribution in [0.4, 0.5) is 0 Å². The van der Waals surface area contributed by atoms with Crippen LogP contribution < -0.4 is 0 Å². The van der Waals surface area contributed by atoms with Gasteiger partial charge in [-0.05, 0) is 98.4 Å². The zero-order valence-electron chi connectivity index (χ0n) is 28.1. The van der Waals surface area contributed by atoms with E-state index in [0.29, 0.717) is 0 Å². The Labute approximate surface area is 300 Å². The maximum absolute atomic E-state index is 5.39. The molecule has 4 aromatic heterocycles. The highest BCUT2D eigenvalue weighted by Crippen LogP contribution is 2.43. The van der Waals surface area contributed by atoms with Gasteiger partial charge in [0.25, 0.3) is 0 Å². The van der Waals surface area contributed by atoms with Crippen LogP contribution in [0.25, 0.3) is 99.5 Å². The van der Waals surface area contributed by atoms with Crippen molar-refractivity contribution in [2.45, 2.75) is 0 Å². The fourth-order valence-corrected chi connectivity index (χ4v) is 7.55. The second-order valence-corrected chi connectivity index (χ2v) is 13.0. The van der Waals surface area contributed by atoms with Crippen LogP contribution in [-0.4, -0.2) is 19.9 Å². The summed E-state index contributed by atoms with van der Waals surface area (Å²) >= 11 is 0. The summed E-state index contributed by atoms with van der Waals surface area (Å²) in [5, 5.41) is 8.54. The van der Waals surface area contributed by atoms with Gasteiger partial charge in [-0.3, -0.25) is 9.97 Å². The molecule has 10 rings (SSSR count). The molecule has 0 saturated heterocycles. The minimum Gasteiger partial charge on any atom is -0.255 e. The average molecular weight is 663 g/mol. The zero-order chi connectivity index (χ0) is 34.4. The molecule has 0 aliphatic carbocycles. The Hall–Kier alpha value is -7.04. The minimum absolute atomic E-state index is 0.806. The van der Waals surface area contributed by atoms with Crippen LogP contribution in [0.5, 0.6) is 0 Å². The lowest BCUT2D eigenvalue weighted by Gasteiger charge is -2.16. The van der Waals surface area contributed by atoms with Crippen molar-refractivity contribution in [2.75, 3.05) is 0 Å². The normalized spacial score (nSPS) is 11.5. The van der Waals surface area contributed by atoms with Crippen LogP contribution >= 0.6 is 0 Å². The predicted molar refractivity (Wildman–Crippen MR) is 215 cm³/mol. The molecule has 0 atom stereocenters. The van der Waals surface area contributed by atoms with Crippen molar-refractivity contribution in [1.29, 1.82) is 0 Å². The van der Waals surface area contributed by atoms with E-state index >= 15 is 0 Å². The molecule has 0 aliphatic heterocycles. The van der Waals surface area contributed by atoms with E-state index in [4.69, 9.17) is 9.97 Å². The maximum atomic E-state index is 5.39. The van der Waals surface area contributed by atoms with Gasteiger partial charge in [-0.25, -0.2) is 9.97 Å². The number of aromatic nitrogens is 4. The first-order valence-corrected chi connectivity index (χ1v) is 17.5. The number of nitrogens with zero attached hydrogens (tertiary/aromatic N) is 4. The molecule has 10 aromatic rings. The van der Waals surface area contributed by atoms with Gasteiger partial charge in [0.1, 0.15) is 0 Å². The molecular weight excluding hydrogens is 633 g/mol. The molecule has 242 valence electrons. The quantitative estimate of drug-likeness (QED) is 0.172. The third-order valence-electron chi connectivity index (χ3n) is 9.92. The van der Waals surface area contributed by atoms with Gasteiger partial charge >= 0.3 is 0 Å². The van der Waals surface area contributed by atoms with Gasteiger partial charge in [0.05, 0.1) is 34.0 Å². The van der Waals surface area contributed by atoms with Crippen molar-refractivity contribution in [2.24, 2.45) is 0 Å². The molecule has 0 fully saturated rings.